The Hall–Kier alpha value is -1.64. The second-order valence-electron chi connectivity index (χ2n) is 4.87. The Labute approximate surface area is 161 Å². The van der Waals surface area contributed by atoms with Gasteiger partial charge in [0.2, 0.25) is 0 Å². The highest BCUT2D eigenvalue weighted by Gasteiger charge is 2.33. The molecule has 140 valence electrons. The van der Waals surface area contributed by atoms with E-state index in [1.165, 1.54) is 18.2 Å². The molecule has 1 aromatic rings. The molecule has 0 spiro atoms. The average Bonchev–Trinajstić information content (AvgIpc) is 2.47. The normalized spacial score (nSPS) is 14.8. The van der Waals surface area contributed by atoms with E-state index in [0.717, 1.165) is 12.3 Å². The van der Waals surface area contributed by atoms with Gasteiger partial charge >= 0.3 is 6.18 Å². The molecule has 0 aliphatic carbocycles. The van der Waals surface area contributed by atoms with Gasteiger partial charge in [0.05, 0.1) is 15.6 Å². The molecule has 1 aliphatic rings. The molecule has 0 bridgehead atoms. The summed E-state index contributed by atoms with van der Waals surface area (Å²) in [6.07, 6.45) is -2.77. The molecule has 0 saturated carbocycles. The SMILES string of the molecule is O=C(NS(=O)(=O)c1c(Cl)cccc1Cl)C1=C(Cl)N(CC(F)(F)F)C=C=C1. The van der Waals surface area contributed by atoms with Gasteiger partial charge in [-0.3, -0.25) is 4.79 Å². The van der Waals surface area contributed by atoms with Gasteiger partial charge in [0.25, 0.3) is 15.9 Å². The lowest BCUT2D eigenvalue weighted by molar-refractivity contribution is -0.136. The maximum absolute atomic E-state index is 12.5. The zero-order valence-electron chi connectivity index (χ0n) is 12.4. The monoisotopic (exact) mass is 446 g/mol. The number of carbonyl (C=O) groups is 1. The van der Waals surface area contributed by atoms with E-state index in [1.807, 2.05) is 0 Å². The fourth-order valence-electron chi connectivity index (χ4n) is 1.92. The second-order valence-corrected chi connectivity index (χ2v) is 7.66. The average molecular weight is 448 g/mol. The van der Waals surface area contributed by atoms with E-state index in [0.29, 0.717) is 4.90 Å². The highest BCUT2D eigenvalue weighted by Crippen LogP contribution is 2.30. The first-order valence-electron chi connectivity index (χ1n) is 6.59. The van der Waals surface area contributed by atoms with Gasteiger partial charge in [0.15, 0.2) is 0 Å². The minimum absolute atomic E-state index is 0.240. The standard InChI is InChI=1S/C14H8Cl3F3N2O3S/c15-9-4-1-5-10(16)11(9)26(24,25)21-13(23)8-3-2-6-22(12(8)17)7-14(18,19)20/h1,3-6H,7H2,(H,21,23). The van der Waals surface area contributed by atoms with Crippen LogP contribution in [0.25, 0.3) is 0 Å². The molecule has 0 saturated heterocycles. The summed E-state index contributed by atoms with van der Waals surface area (Å²) in [7, 11) is -4.50. The van der Waals surface area contributed by atoms with Crippen molar-refractivity contribution < 1.29 is 26.4 Å². The molecule has 2 rings (SSSR count). The zero-order chi connectivity index (χ0) is 19.7. The minimum Gasteiger partial charge on any atom is -0.322 e. The molecule has 0 radical (unpaired) electrons. The predicted octanol–water partition coefficient (Wildman–Crippen LogP) is 3.80. The van der Waals surface area contributed by atoms with Crippen molar-refractivity contribution in [3.63, 3.8) is 0 Å². The molecule has 0 aromatic heterocycles. The highest BCUT2D eigenvalue weighted by molar-refractivity contribution is 7.90. The van der Waals surface area contributed by atoms with Crippen molar-refractivity contribution in [2.75, 3.05) is 6.54 Å². The van der Waals surface area contributed by atoms with E-state index < -0.39 is 44.3 Å². The first kappa shape index (κ1) is 20.7. The number of rotatable bonds is 4. The quantitative estimate of drug-likeness (QED) is 0.563. The molecule has 1 amide bonds. The van der Waals surface area contributed by atoms with Crippen molar-refractivity contribution in [1.82, 2.24) is 9.62 Å². The lowest BCUT2D eigenvalue weighted by Crippen LogP contribution is -2.35. The van der Waals surface area contributed by atoms with Gasteiger partial charge in [-0.1, -0.05) is 40.9 Å². The number of sulfonamides is 1. The van der Waals surface area contributed by atoms with Crippen LogP contribution in [0, 0.1) is 0 Å². The van der Waals surface area contributed by atoms with Crippen LogP contribution >= 0.6 is 34.8 Å². The van der Waals surface area contributed by atoms with Crippen LogP contribution in [0.4, 0.5) is 13.2 Å². The molecule has 1 aromatic carbocycles. The summed E-state index contributed by atoms with van der Waals surface area (Å²) in [5, 5.41) is -1.09. The van der Waals surface area contributed by atoms with Gasteiger partial charge < -0.3 is 4.90 Å². The van der Waals surface area contributed by atoms with E-state index >= 15 is 0 Å². The van der Waals surface area contributed by atoms with Crippen LogP contribution in [0.2, 0.25) is 10.0 Å². The fraction of sp³-hybridized carbons (Fsp3) is 0.143. The van der Waals surface area contributed by atoms with Crippen molar-refractivity contribution in [1.29, 1.82) is 0 Å². The molecule has 0 unspecified atom stereocenters. The third kappa shape index (κ3) is 4.75. The van der Waals surface area contributed by atoms with Gasteiger partial charge in [0, 0.05) is 6.20 Å². The van der Waals surface area contributed by atoms with E-state index in [4.69, 9.17) is 34.8 Å². The molecule has 0 atom stereocenters. The predicted molar refractivity (Wildman–Crippen MR) is 90.1 cm³/mol. The Morgan fingerprint density at radius 2 is 1.77 bits per heavy atom. The second kappa shape index (κ2) is 7.54. The molecule has 5 nitrogen and oxygen atoms in total. The van der Waals surface area contributed by atoms with Gasteiger partial charge in [0.1, 0.15) is 16.6 Å². The topological polar surface area (TPSA) is 66.5 Å². The number of halogens is 6. The first-order chi connectivity index (χ1) is 11.9. The van der Waals surface area contributed by atoms with Gasteiger partial charge in [-0.2, -0.15) is 13.2 Å². The Morgan fingerprint density at radius 1 is 1.19 bits per heavy atom. The molecule has 1 N–H and O–H groups in total. The summed E-state index contributed by atoms with van der Waals surface area (Å²) >= 11 is 17.4. The number of amides is 1. The van der Waals surface area contributed by atoms with Crippen LogP contribution < -0.4 is 4.72 Å². The molecule has 1 heterocycles. The number of hydrogen-bond donors (Lipinski definition) is 1. The largest absolute Gasteiger partial charge is 0.406 e. The lowest BCUT2D eigenvalue weighted by atomic mass is 10.2. The Morgan fingerprint density at radius 3 is 2.31 bits per heavy atom. The molecule has 26 heavy (non-hydrogen) atoms. The fourth-order valence-corrected chi connectivity index (χ4v) is 4.28. The number of nitrogens with zero attached hydrogens (tertiary/aromatic N) is 1. The molecule has 0 fully saturated rings. The van der Waals surface area contributed by atoms with Crippen molar-refractivity contribution in [3.8, 4) is 0 Å². The van der Waals surface area contributed by atoms with Gasteiger partial charge in [-0.15, -0.1) is 5.73 Å². The Bertz CT molecular complexity index is 932. The molecular formula is C14H8Cl3F3N2O3S. The molecule has 1 aliphatic heterocycles. The number of hydrogen-bond acceptors (Lipinski definition) is 4. The Balaban J connectivity index is 2.33. The van der Waals surface area contributed by atoms with E-state index in [-0.39, 0.29) is 10.0 Å². The lowest BCUT2D eigenvalue weighted by Gasteiger charge is -2.23. The van der Waals surface area contributed by atoms with Gasteiger partial charge in [-0.25, -0.2) is 13.1 Å². The smallest absolute Gasteiger partial charge is 0.322 e. The molecular weight excluding hydrogens is 440 g/mol. The first-order valence-corrected chi connectivity index (χ1v) is 9.21. The number of carbonyl (C=O) groups excluding carboxylic acids is 1. The van der Waals surface area contributed by atoms with Crippen LogP contribution in [0.15, 0.2) is 51.8 Å². The maximum Gasteiger partial charge on any atom is 0.406 e. The van der Waals surface area contributed by atoms with Crippen molar-refractivity contribution in [2.45, 2.75) is 11.1 Å². The van der Waals surface area contributed by atoms with Crippen molar-refractivity contribution in [2.24, 2.45) is 0 Å². The van der Waals surface area contributed by atoms with E-state index in [9.17, 15) is 26.4 Å². The Kier molecular flexibility index (Phi) is 5.99. The minimum atomic E-state index is -4.60. The third-order valence-electron chi connectivity index (χ3n) is 2.94. The van der Waals surface area contributed by atoms with Crippen LogP contribution in [0.5, 0.6) is 0 Å². The maximum atomic E-state index is 12.5. The van der Waals surface area contributed by atoms with E-state index in [2.05, 4.69) is 5.73 Å². The van der Waals surface area contributed by atoms with Crippen LogP contribution in [-0.4, -0.2) is 31.9 Å². The highest BCUT2D eigenvalue weighted by atomic mass is 35.5. The van der Waals surface area contributed by atoms with Crippen LogP contribution in [0.3, 0.4) is 0 Å². The van der Waals surface area contributed by atoms with Gasteiger partial charge in [-0.05, 0) is 18.2 Å². The molecule has 12 heteroatoms. The van der Waals surface area contributed by atoms with E-state index in [1.54, 1.807) is 4.72 Å². The van der Waals surface area contributed by atoms with Crippen molar-refractivity contribution in [3.05, 3.63) is 57.0 Å². The summed E-state index contributed by atoms with van der Waals surface area (Å²) in [5.41, 5.74) is 1.77. The summed E-state index contributed by atoms with van der Waals surface area (Å²) < 4.78 is 63.9. The number of benzene rings is 1. The summed E-state index contributed by atoms with van der Waals surface area (Å²) in [6, 6.07) is 3.88. The summed E-state index contributed by atoms with van der Waals surface area (Å²) in [4.78, 5) is 12.2. The summed E-state index contributed by atoms with van der Waals surface area (Å²) in [5.74, 6) is -1.27. The van der Waals surface area contributed by atoms with Crippen LogP contribution in [-0.2, 0) is 14.8 Å². The zero-order valence-corrected chi connectivity index (χ0v) is 15.5. The van der Waals surface area contributed by atoms with Crippen molar-refractivity contribution >= 4 is 50.7 Å². The number of alkyl halides is 3. The third-order valence-corrected chi connectivity index (χ3v) is 5.65. The summed E-state index contributed by atoms with van der Waals surface area (Å²) in [6.45, 7) is -1.48. The number of nitrogens with one attached hydrogen (secondary N) is 1. The van der Waals surface area contributed by atoms with Crippen LogP contribution in [0.1, 0.15) is 0 Å².